The number of carbonyl (C=O) groups excluding carboxylic acids is 3. The first kappa shape index (κ1) is 24.2. The highest BCUT2D eigenvalue weighted by molar-refractivity contribution is 6.30. The maximum Gasteiger partial charge on any atom is 0.408 e. The molecule has 1 aromatic rings. The fourth-order valence-electron chi connectivity index (χ4n) is 4.62. The van der Waals surface area contributed by atoms with Gasteiger partial charge in [0.05, 0.1) is 7.11 Å². The maximum absolute atomic E-state index is 12.9. The van der Waals surface area contributed by atoms with Gasteiger partial charge in [-0.15, -0.1) is 0 Å². The number of urea groups is 1. The van der Waals surface area contributed by atoms with E-state index in [1.165, 1.54) is 7.11 Å². The SMILES string of the molecule is COC(=O)[C@@H](NC(=O)OC(C)(C)C)C1CC2CCC(C1)N2C(=O)NCc1ccc(Cl)cc1. The summed E-state index contributed by atoms with van der Waals surface area (Å²) >= 11 is 5.91. The summed E-state index contributed by atoms with van der Waals surface area (Å²) in [5.74, 6) is -0.631. The highest BCUT2D eigenvalue weighted by Crippen LogP contribution is 2.40. The molecule has 2 aliphatic heterocycles. The van der Waals surface area contributed by atoms with Gasteiger partial charge in [-0.3, -0.25) is 0 Å². The van der Waals surface area contributed by atoms with E-state index >= 15 is 0 Å². The van der Waals surface area contributed by atoms with Gasteiger partial charge >= 0.3 is 18.1 Å². The number of hydrogen-bond donors (Lipinski definition) is 2. The van der Waals surface area contributed by atoms with Crippen LogP contribution in [0.5, 0.6) is 0 Å². The van der Waals surface area contributed by atoms with Crippen LogP contribution in [0.3, 0.4) is 0 Å². The number of amides is 3. The first-order chi connectivity index (χ1) is 15.1. The number of esters is 1. The van der Waals surface area contributed by atoms with Crippen molar-refractivity contribution in [3.63, 3.8) is 0 Å². The number of benzene rings is 1. The van der Waals surface area contributed by atoms with Crippen molar-refractivity contribution in [2.75, 3.05) is 7.11 Å². The van der Waals surface area contributed by atoms with Gasteiger partial charge in [-0.25, -0.2) is 14.4 Å². The Hall–Kier alpha value is -2.48. The summed E-state index contributed by atoms with van der Waals surface area (Å²) in [5.41, 5.74) is 0.298. The summed E-state index contributed by atoms with van der Waals surface area (Å²) < 4.78 is 10.3. The van der Waals surface area contributed by atoms with E-state index in [-0.39, 0.29) is 24.0 Å². The third-order valence-electron chi connectivity index (χ3n) is 5.96. The summed E-state index contributed by atoms with van der Waals surface area (Å²) in [7, 11) is 1.31. The molecular formula is C23H32ClN3O5. The van der Waals surface area contributed by atoms with E-state index < -0.39 is 23.7 Å². The Morgan fingerprint density at radius 2 is 1.72 bits per heavy atom. The molecule has 3 rings (SSSR count). The topological polar surface area (TPSA) is 97.0 Å². The minimum absolute atomic E-state index is 0.0107. The van der Waals surface area contributed by atoms with Crippen molar-refractivity contribution >= 4 is 29.7 Å². The van der Waals surface area contributed by atoms with E-state index in [0.717, 1.165) is 18.4 Å². The number of fused-ring (bicyclic) bond motifs is 2. The summed E-state index contributed by atoms with van der Waals surface area (Å²) in [6, 6.07) is 6.46. The third-order valence-corrected chi connectivity index (χ3v) is 6.21. The Balaban J connectivity index is 1.62. The molecule has 2 N–H and O–H groups in total. The van der Waals surface area contributed by atoms with E-state index in [0.29, 0.717) is 24.4 Å². The number of nitrogens with zero attached hydrogens (tertiary/aromatic N) is 1. The molecule has 8 nitrogen and oxygen atoms in total. The van der Waals surface area contributed by atoms with Crippen molar-refractivity contribution < 1.29 is 23.9 Å². The number of ether oxygens (including phenoxy) is 2. The number of halogens is 1. The van der Waals surface area contributed by atoms with Crippen LogP contribution < -0.4 is 10.6 Å². The van der Waals surface area contributed by atoms with E-state index in [1.807, 2.05) is 17.0 Å². The van der Waals surface area contributed by atoms with Crippen LogP contribution in [0, 0.1) is 5.92 Å². The average molecular weight is 466 g/mol. The molecule has 2 saturated heterocycles. The lowest BCUT2D eigenvalue weighted by Gasteiger charge is -2.41. The van der Waals surface area contributed by atoms with E-state index in [4.69, 9.17) is 21.1 Å². The second-order valence-electron chi connectivity index (χ2n) is 9.46. The molecule has 176 valence electrons. The molecule has 2 heterocycles. The zero-order valence-corrected chi connectivity index (χ0v) is 19.8. The second-order valence-corrected chi connectivity index (χ2v) is 9.89. The Bertz CT molecular complexity index is 825. The van der Waals surface area contributed by atoms with Crippen molar-refractivity contribution in [1.82, 2.24) is 15.5 Å². The van der Waals surface area contributed by atoms with Gasteiger partial charge in [0.25, 0.3) is 0 Å². The Labute approximate surface area is 193 Å². The normalized spacial score (nSPS) is 23.3. The molecule has 2 aliphatic rings. The number of rotatable bonds is 5. The first-order valence-corrected chi connectivity index (χ1v) is 11.3. The summed E-state index contributed by atoms with van der Waals surface area (Å²) in [4.78, 5) is 39.6. The third kappa shape index (κ3) is 6.06. The maximum atomic E-state index is 12.9. The average Bonchev–Trinajstić information content (AvgIpc) is 2.99. The summed E-state index contributed by atoms with van der Waals surface area (Å²) in [6.07, 6.45) is 2.32. The zero-order valence-electron chi connectivity index (χ0n) is 19.0. The van der Waals surface area contributed by atoms with Gasteiger partial charge in [-0.05, 0) is 70.1 Å². The van der Waals surface area contributed by atoms with Crippen molar-refractivity contribution in [2.24, 2.45) is 5.92 Å². The number of carbonyl (C=O) groups is 3. The molecule has 0 radical (unpaired) electrons. The van der Waals surface area contributed by atoms with Gasteiger partial charge in [0, 0.05) is 23.7 Å². The Morgan fingerprint density at radius 1 is 1.12 bits per heavy atom. The van der Waals surface area contributed by atoms with E-state index in [2.05, 4.69) is 10.6 Å². The van der Waals surface area contributed by atoms with Crippen LogP contribution in [-0.2, 0) is 20.8 Å². The van der Waals surface area contributed by atoms with Crippen molar-refractivity contribution in [3.8, 4) is 0 Å². The van der Waals surface area contributed by atoms with Crippen LogP contribution in [-0.4, -0.2) is 53.8 Å². The lowest BCUT2D eigenvalue weighted by molar-refractivity contribution is -0.145. The highest BCUT2D eigenvalue weighted by Gasteiger charge is 2.47. The first-order valence-electron chi connectivity index (χ1n) is 11.0. The van der Waals surface area contributed by atoms with Gasteiger partial charge in [-0.1, -0.05) is 23.7 Å². The van der Waals surface area contributed by atoms with Gasteiger partial charge < -0.3 is 25.0 Å². The molecular weight excluding hydrogens is 434 g/mol. The molecule has 0 spiro atoms. The Morgan fingerprint density at radius 3 is 2.25 bits per heavy atom. The predicted octanol–water partition coefficient (Wildman–Crippen LogP) is 3.86. The lowest BCUT2D eigenvalue weighted by atomic mass is 9.85. The molecule has 2 unspecified atom stereocenters. The monoisotopic (exact) mass is 465 g/mol. The predicted molar refractivity (Wildman–Crippen MR) is 120 cm³/mol. The molecule has 9 heteroatoms. The number of methoxy groups -OCH3 is 1. The quantitative estimate of drug-likeness (QED) is 0.643. The van der Waals surface area contributed by atoms with E-state index in [1.54, 1.807) is 32.9 Å². The van der Waals surface area contributed by atoms with Crippen LogP contribution in [0.1, 0.15) is 52.0 Å². The Kier molecular flexibility index (Phi) is 7.54. The van der Waals surface area contributed by atoms with Crippen LogP contribution in [0.15, 0.2) is 24.3 Å². The fraction of sp³-hybridized carbons (Fsp3) is 0.609. The van der Waals surface area contributed by atoms with Crippen LogP contribution in [0.25, 0.3) is 0 Å². The van der Waals surface area contributed by atoms with Crippen molar-refractivity contribution in [3.05, 3.63) is 34.9 Å². The molecule has 0 saturated carbocycles. The lowest BCUT2D eigenvalue weighted by Crippen LogP contribution is -2.56. The smallest absolute Gasteiger partial charge is 0.408 e. The van der Waals surface area contributed by atoms with Gasteiger partial charge in [0.15, 0.2) is 0 Å². The van der Waals surface area contributed by atoms with Crippen LogP contribution in [0.2, 0.25) is 5.02 Å². The summed E-state index contributed by atoms with van der Waals surface area (Å²) in [5, 5.41) is 6.33. The highest BCUT2D eigenvalue weighted by atomic mass is 35.5. The van der Waals surface area contributed by atoms with Gasteiger partial charge in [-0.2, -0.15) is 0 Å². The van der Waals surface area contributed by atoms with Crippen LogP contribution in [0.4, 0.5) is 9.59 Å². The molecule has 3 amide bonds. The van der Waals surface area contributed by atoms with Gasteiger partial charge in [0.1, 0.15) is 11.6 Å². The number of nitrogens with one attached hydrogen (secondary N) is 2. The zero-order chi connectivity index (χ0) is 23.5. The van der Waals surface area contributed by atoms with E-state index in [9.17, 15) is 14.4 Å². The van der Waals surface area contributed by atoms with Crippen molar-refractivity contribution in [2.45, 2.75) is 76.7 Å². The van der Waals surface area contributed by atoms with Crippen LogP contribution >= 0.6 is 11.6 Å². The molecule has 2 bridgehead atoms. The number of hydrogen-bond acceptors (Lipinski definition) is 5. The minimum Gasteiger partial charge on any atom is -0.467 e. The molecule has 2 fully saturated rings. The molecule has 0 aliphatic carbocycles. The largest absolute Gasteiger partial charge is 0.467 e. The minimum atomic E-state index is -0.808. The van der Waals surface area contributed by atoms with Gasteiger partial charge in [0.2, 0.25) is 0 Å². The molecule has 3 atom stereocenters. The second kappa shape index (κ2) is 9.98. The standard InChI is InChI=1S/C23H32ClN3O5/c1-23(2,3)32-22(30)26-19(20(28)31-4)15-11-17-9-10-18(12-15)27(17)21(29)25-13-14-5-7-16(24)8-6-14/h5-8,15,17-19H,9-13H2,1-4H3,(H,25,29)(H,26,30)/t15?,17?,18?,19-/m0/s1. The molecule has 32 heavy (non-hydrogen) atoms. The number of piperidine rings is 1. The summed E-state index contributed by atoms with van der Waals surface area (Å²) in [6.45, 7) is 5.71. The molecule has 0 aromatic heterocycles. The number of alkyl carbamates (subject to hydrolysis) is 1. The molecule has 1 aromatic carbocycles. The van der Waals surface area contributed by atoms with Crippen molar-refractivity contribution in [1.29, 1.82) is 0 Å². The fourth-order valence-corrected chi connectivity index (χ4v) is 4.75.